The van der Waals surface area contributed by atoms with E-state index in [1.54, 1.807) is 36.4 Å². The number of nitriles is 1. The number of nitrogens with one attached hydrogen (secondary N) is 1. The molecule has 25 heavy (non-hydrogen) atoms. The van der Waals surface area contributed by atoms with Crippen LogP contribution in [0.2, 0.25) is 5.02 Å². The topological polar surface area (TPSA) is 71.3 Å². The van der Waals surface area contributed by atoms with E-state index < -0.39 is 0 Å². The van der Waals surface area contributed by atoms with E-state index in [9.17, 15) is 4.79 Å². The number of hydrogen-bond acceptors (Lipinski definition) is 4. The van der Waals surface area contributed by atoms with Crippen LogP contribution < -0.4 is 14.8 Å². The third-order valence-corrected chi connectivity index (χ3v) is 3.75. The van der Waals surface area contributed by atoms with Gasteiger partial charge < -0.3 is 14.8 Å². The van der Waals surface area contributed by atoms with E-state index >= 15 is 0 Å². The monoisotopic (exact) mass is 356 g/mol. The zero-order chi connectivity index (χ0) is 18.2. The Morgan fingerprint density at radius 2 is 2.08 bits per heavy atom. The average Bonchev–Trinajstić information content (AvgIpc) is 2.61. The number of amides is 1. The van der Waals surface area contributed by atoms with Gasteiger partial charge in [-0.25, -0.2) is 0 Å². The fourth-order valence-corrected chi connectivity index (χ4v) is 2.22. The number of nitrogens with zero attached hydrogens (tertiary/aromatic N) is 1. The number of hydrogen-bond donors (Lipinski definition) is 1. The van der Waals surface area contributed by atoms with Crippen LogP contribution in [0, 0.1) is 18.3 Å². The SMILES string of the molecule is COc1cc(/C=C/C(=O)Nc2ccc(C)c(Cl)c2)ccc1OCC#N. The first kappa shape index (κ1) is 18.4. The second-order valence-electron chi connectivity index (χ2n) is 5.14. The van der Waals surface area contributed by atoms with Gasteiger partial charge in [-0.05, 0) is 48.4 Å². The maximum atomic E-state index is 12.0. The van der Waals surface area contributed by atoms with Crippen molar-refractivity contribution in [2.75, 3.05) is 19.0 Å². The molecule has 0 aliphatic rings. The lowest BCUT2D eigenvalue weighted by atomic mass is 10.2. The summed E-state index contributed by atoms with van der Waals surface area (Å²) in [4.78, 5) is 12.0. The van der Waals surface area contributed by atoms with E-state index in [-0.39, 0.29) is 12.5 Å². The molecule has 0 heterocycles. The molecule has 2 aromatic rings. The number of methoxy groups -OCH3 is 1. The molecule has 0 aromatic heterocycles. The second kappa shape index (κ2) is 8.76. The molecule has 0 aliphatic heterocycles. The summed E-state index contributed by atoms with van der Waals surface area (Å²) in [5.41, 5.74) is 2.34. The van der Waals surface area contributed by atoms with E-state index in [1.165, 1.54) is 13.2 Å². The predicted octanol–water partition coefficient (Wildman–Crippen LogP) is 4.21. The second-order valence-corrected chi connectivity index (χ2v) is 5.55. The number of carbonyl (C=O) groups excluding carboxylic acids is 1. The fourth-order valence-electron chi connectivity index (χ4n) is 2.04. The molecule has 2 aromatic carbocycles. The van der Waals surface area contributed by atoms with Gasteiger partial charge in [0.05, 0.1) is 7.11 Å². The number of aryl methyl sites for hydroxylation is 1. The molecule has 6 heteroatoms. The van der Waals surface area contributed by atoms with Crippen molar-refractivity contribution in [3.63, 3.8) is 0 Å². The highest BCUT2D eigenvalue weighted by Crippen LogP contribution is 2.28. The molecule has 0 unspecified atom stereocenters. The lowest BCUT2D eigenvalue weighted by Gasteiger charge is -2.08. The summed E-state index contributed by atoms with van der Waals surface area (Å²) in [5, 5.41) is 11.9. The van der Waals surface area contributed by atoms with Crippen LogP contribution in [0.4, 0.5) is 5.69 Å². The molecular weight excluding hydrogens is 340 g/mol. The highest BCUT2D eigenvalue weighted by atomic mass is 35.5. The summed E-state index contributed by atoms with van der Waals surface area (Å²) < 4.78 is 10.5. The average molecular weight is 357 g/mol. The van der Waals surface area contributed by atoms with Crippen LogP contribution in [0.5, 0.6) is 11.5 Å². The highest BCUT2D eigenvalue weighted by Gasteiger charge is 2.05. The minimum Gasteiger partial charge on any atom is -0.493 e. The minimum atomic E-state index is -0.274. The summed E-state index contributed by atoms with van der Waals surface area (Å²) in [6.07, 6.45) is 3.07. The number of benzene rings is 2. The van der Waals surface area contributed by atoms with Gasteiger partial charge in [0, 0.05) is 16.8 Å². The van der Waals surface area contributed by atoms with Gasteiger partial charge in [-0.15, -0.1) is 0 Å². The molecule has 0 aliphatic carbocycles. The Labute approximate surface area is 151 Å². The maximum absolute atomic E-state index is 12.0. The van der Waals surface area contributed by atoms with Gasteiger partial charge >= 0.3 is 0 Å². The zero-order valence-corrected chi connectivity index (χ0v) is 14.6. The van der Waals surface area contributed by atoms with Crippen LogP contribution in [0.1, 0.15) is 11.1 Å². The van der Waals surface area contributed by atoms with Crippen molar-refractivity contribution in [2.24, 2.45) is 0 Å². The Morgan fingerprint density at radius 1 is 1.28 bits per heavy atom. The van der Waals surface area contributed by atoms with Gasteiger partial charge in [0.15, 0.2) is 18.1 Å². The third-order valence-electron chi connectivity index (χ3n) is 3.35. The number of halogens is 1. The fraction of sp³-hybridized carbons (Fsp3) is 0.158. The third kappa shape index (κ3) is 5.27. The smallest absolute Gasteiger partial charge is 0.248 e. The Balaban J connectivity index is 2.06. The van der Waals surface area contributed by atoms with Crippen LogP contribution in [-0.4, -0.2) is 19.6 Å². The molecular formula is C19H17ClN2O3. The highest BCUT2D eigenvalue weighted by molar-refractivity contribution is 6.31. The maximum Gasteiger partial charge on any atom is 0.248 e. The molecule has 128 valence electrons. The number of rotatable bonds is 6. The molecule has 0 atom stereocenters. The first-order chi connectivity index (χ1) is 12.0. The lowest BCUT2D eigenvalue weighted by molar-refractivity contribution is -0.111. The standard InChI is InChI=1S/C19H17ClN2O3/c1-13-3-6-15(12-16(13)20)22-19(23)8-5-14-4-7-17(25-10-9-21)18(11-14)24-2/h3-8,11-12H,10H2,1-2H3,(H,22,23)/b8-5+. The normalized spacial score (nSPS) is 10.3. The van der Waals surface area contributed by atoms with Gasteiger partial charge in [0.1, 0.15) is 6.07 Å². The van der Waals surface area contributed by atoms with Gasteiger partial charge in [-0.3, -0.25) is 4.79 Å². The Morgan fingerprint density at radius 3 is 2.76 bits per heavy atom. The zero-order valence-electron chi connectivity index (χ0n) is 13.9. The summed E-state index contributed by atoms with van der Waals surface area (Å²) in [6, 6.07) is 12.4. The van der Waals surface area contributed by atoms with E-state index in [1.807, 2.05) is 19.1 Å². The van der Waals surface area contributed by atoms with Crippen LogP contribution in [0.15, 0.2) is 42.5 Å². The number of anilines is 1. The predicted molar refractivity (Wildman–Crippen MR) is 98.0 cm³/mol. The number of ether oxygens (including phenoxy) is 2. The van der Waals surface area contributed by atoms with Crippen LogP contribution in [0.3, 0.4) is 0 Å². The molecule has 1 N–H and O–H groups in total. The lowest BCUT2D eigenvalue weighted by Crippen LogP contribution is -2.07. The summed E-state index contributed by atoms with van der Waals surface area (Å²) >= 11 is 6.04. The quantitative estimate of drug-likeness (QED) is 0.787. The molecule has 2 rings (SSSR count). The van der Waals surface area contributed by atoms with E-state index in [4.69, 9.17) is 26.3 Å². The molecule has 0 saturated heterocycles. The molecule has 1 amide bonds. The van der Waals surface area contributed by atoms with Crippen molar-refractivity contribution >= 4 is 29.3 Å². The minimum absolute atomic E-state index is 0.0624. The van der Waals surface area contributed by atoms with Crippen molar-refractivity contribution in [2.45, 2.75) is 6.92 Å². The van der Waals surface area contributed by atoms with Crippen LogP contribution >= 0.6 is 11.6 Å². The van der Waals surface area contributed by atoms with E-state index in [0.717, 1.165) is 11.1 Å². The van der Waals surface area contributed by atoms with Gasteiger partial charge in [-0.1, -0.05) is 23.7 Å². The summed E-state index contributed by atoms with van der Waals surface area (Å²) in [7, 11) is 1.51. The molecule has 0 radical (unpaired) electrons. The Bertz CT molecular complexity index is 841. The first-order valence-corrected chi connectivity index (χ1v) is 7.84. The molecule has 0 bridgehead atoms. The first-order valence-electron chi connectivity index (χ1n) is 7.46. The van der Waals surface area contributed by atoms with Crippen molar-refractivity contribution in [3.05, 3.63) is 58.6 Å². The number of carbonyl (C=O) groups is 1. The van der Waals surface area contributed by atoms with Crippen molar-refractivity contribution in [3.8, 4) is 17.6 Å². The van der Waals surface area contributed by atoms with Crippen LogP contribution in [0.25, 0.3) is 6.08 Å². The van der Waals surface area contributed by atoms with Gasteiger partial charge in [0.25, 0.3) is 0 Å². The Kier molecular flexibility index (Phi) is 6.44. The Hall–Kier alpha value is -2.97. The molecule has 0 spiro atoms. The van der Waals surface area contributed by atoms with Crippen molar-refractivity contribution in [1.82, 2.24) is 0 Å². The molecule has 0 saturated carbocycles. The molecule has 5 nitrogen and oxygen atoms in total. The summed E-state index contributed by atoms with van der Waals surface area (Å²) in [6.45, 7) is 1.83. The summed E-state index contributed by atoms with van der Waals surface area (Å²) in [5.74, 6) is 0.687. The van der Waals surface area contributed by atoms with Gasteiger partial charge in [0.2, 0.25) is 5.91 Å². The van der Waals surface area contributed by atoms with Gasteiger partial charge in [-0.2, -0.15) is 5.26 Å². The largest absolute Gasteiger partial charge is 0.493 e. The van der Waals surface area contributed by atoms with Crippen molar-refractivity contribution in [1.29, 1.82) is 5.26 Å². The van der Waals surface area contributed by atoms with E-state index in [2.05, 4.69) is 5.32 Å². The van der Waals surface area contributed by atoms with Crippen molar-refractivity contribution < 1.29 is 14.3 Å². The molecule has 0 fully saturated rings. The van der Waals surface area contributed by atoms with E-state index in [0.29, 0.717) is 22.2 Å². The van der Waals surface area contributed by atoms with Crippen LogP contribution in [-0.2, 0) is 4.79 Å².